The lowest BCUT2D eigenvalue weighted by Crippen LogP contribution is -1.85. The number of azo groups is 1. The molecule has 0 saturated heterocycles. The molecule has 0 aliphatic heterocycles. The lowest BCUT2D eigenvalue weighted by Gasteiger charge is -2.02. The molecular formula is C11H14FN3. The number of rotatable bonds is 3. The summed E-state index contributed by atoms with van der Waals surface area (Å²) in [6.45, 7) is 4.09. The van der Waals surface area contributed by atoms with Gasteiger partial charge in [-0.1, -0.05) is 0 Å². The Morgan fingerprint density at radius 3 is 2.40 bits per heavy atom. The van der Waals surface area contributed by atoms with E-state index in [0.29, 0.717) is 6.54 Å². The molecule has 0 bridgehead atoms. The smallest absolute Gasteiger partial charge is 0.123 e. The van der Waals surface area contributed by atoms with Crippen LogP contribution < -0.4 is 0 Å². The summed E-state index contributed by atoms with van der Waals surface area (Å²) in [6, 6.07) is 2.91. The van der Waals surface area contributed by atoms with Crippen LogP contribution in [-0.4, -0.2) is 19.8 Å². The first kappa shape index (κ1) is 11.5. The van der Waals surface area contributed by atoms with Gasteiger partial charge in [0.15, 0.2) is 0 Å². The molecular weight excluding hydrogens is 193 g/mol. The molecule has 0 saturated carbocycles. The minimum Gasteiger partial charge on any atom is -0.299 e. The van der Waals surface area contributed by atoms with Gasteiger partial charge < -0.3 is 0 Å². The minimum absolute atomic E-state index is 0.237. The number of nitrogens with zero attached hydrogens (tertiary/aromatic N) is 3. The van der Waals surface area contributed by atoms with Crippen LogP contribution in [-0.2, 0) is 0 Å². The number of halogens is 1. The molecule has 0 radical (unpaired) electrons. The normalized spacial score (nSPS) is 11.7. The predicted octanol–water partition coefficient (Wildman–Crippen LogP) is 3.23. The van der Waals surface area contributed by atoms with Gasteiger partial charge in [-0.25, -0.2) is 4.39 Å². The van der Waals surface area contributed by atoms with Crippen LogP contribution in [0.4, 0.5) is 10.1 Å². The van der Waals surface area contributed by atoms with Crippen molar-refractivity contribution in [3.05, 3.63) is 29.1 Å². The van der Waals surface area contributed by atoms with E-state index in [9.17, 15) is 4.39 Å². The molecule has 80 valence electrons. The highest BCUT2D eigenvalue weighted by atomic mass is 19.1. The van der Waals surface area contributed by atoms with Crippen LogP contribution in [0.1, 0.15) is 11.1 Å². The van der Waals surface area contributed by atoms with Crippen molar-refractivity contribution in [3.63, 3.8) is 0 Å². The fourth-order valence-electron chi connectivity index (χ4n) is 1.29. The Bertz CT molecular complexity index is 374. The summed E-state index contributed by atoms with van der Waals surface area (Å²) in [4.78, 5) is 3.79. The lowest BCUT2D eigenvalue weighted by atomic mass is 10.1. The first-order chi connectivity index (χ1) is 7.15. The third-order valence-corrected chi connectivity index (χ3v) is 1.97. The number of aliphatic imine (C=N–C) groups is 1. The van der Waals surface area contributed by atoms with Crippen LogP contribution in [0.3, 0.4) is 0 Å². The second kappa shape index (κ2) is 5.34. The van der Waals surface area contributed by atoms with Crippen LogP contribution in [0.2, 0.25) is 0 Å². The molecule has 0 aliphatic carbocycles. The zero-order valence-corrected chi connectivity index (χ0v) is 9.16. The first-order valence-electron chi connectivity index (χ1n) is 4.70. The van der Waals surface area contributed by atoms with Gasteiger partial charge >= 0.3 is 0 Å². The second-order valence-corrected chi connectivity index (χ2v) is 3.25. The van der Waals surface area contributed by atoms with Crippen molar-refractivity contribution < 1.29 is 4.39 Å². The highest BCUT2D eigenvalue weighted by molar-refractivity contribution is 5.59. The van der Waals surface area contributed by atoms with Gasteiger partial charge in [-0.15, -0.1) is 0 Å². The molecule has 1 rings (SSSR count). The third kappa shape index (κ3) is 3.23. The monoisotopic (exact) mass is 207 g/mol. The van der Waals surface area contributed by atoms with E-state index in [4.69, 9.17) is 0 Å². The Hall–Kier alpha value is -1.58. The van der Waals surface area contributed by atoms with Crippen LogP contribution >= 0.6 is 0 Å². The molecule has 0 aliphatic rings. The van der Waals surface area contributed by atoms with Crippen molar-refractivity contribution in [1.29, 1.82) is 0 Å². The van der Waals surface area contributed by atoms with Crippen LogP contribution in [0, 0.1) is 19.7 Å². The molecule has 0 aromatic heterocycles. The summed E-state index contributed by atoms with van der Waals surface area (Å²) in [5.41, 5.74) is 2.33. The summed E-state index contributed by atoms with van der Waals surface area (Å²) in [7, 11) is 1.68. The largest absolute Gasteiger partial charge is 0.299 e. The standard InChI is InChI=1S/C11H14FN3/c1-8-6-10(12)7-9(2)11(8)15-14-5-4-13-3/h4,6-7H,5H2,1-3H3. The maximum Gasteiger partial charge on any atom is 0.123 e. The van der Waals surface area contributed by atoms with Crippen molar-refractivity contribution in [2.24, 2.45) is 15.2 Å². The van der Waals surface area contributed by atoms with Gasteiger partial charge in [0.1, 0.15) is 5.82 Å². The minimum atomic E-state index is -0.237. The Kier molecular flexibility index (Phi) is 4.09. The quantitative estimate of drug-likeness (QED) is 0.539. The van der Waals surface area contributed by atoms with Crippen molar-refractivity contribution >= 4 is 11.9 Å². The molecule has 15 heavy (non-hydrogen) atoms. The number of aryl methyl sites for hydroxylation is 2. The van der Waals surface area contributed by atoms with E-state index in [0.717, 1.165) is 16.8 Å². The molecule has 0 unspecified atom stereocenters. The summed E-state index contributed by atoms with van der Waals surface area (Å²) in [5.74, 6) is -0.237. The summed E-state index contributed by atoms with van der Waals surface area (Å²) < 4.78 is 13.0. The topological polar surface area (TPSA) is 37.1 Å². The van der Waals surface area contributed by atoms with E-state index < -0.39 is 0 Å². The molecule has 0 amide bonds. The molecule has 0 spiro atoms. The average molecular weight is 207 g/mol. The molecule has 1 aromatic carbocycles. The fraction of sp³-hybridized carbons (Fsp3) is 0.364. The summed E-state index contributed by atoms with van der Waals surface area (Å²) in [5, 5.41) is 7.99. The molecule has 1 aromatic rings. The lowest BCUT2D eigenvalue weighted by molar-refractivity contribution is 0.625. The zero-order chi connectivity index (χ0) is 11.3. The number of benzene rings is 1. The molecule has 0 N–H and O–H groups in total. The van der Waals surface area contributed by atoms with Gasteiger partial charge in [-0.2, -0.15) is 10.2 Å². The maximum absolute atomic E-state index is 13.0. The molecule has 4 heteroatoms. The van der Waals surface area contributed by atoms with Gasteiger partial charge in [0.25, 0.3) is 0 Å². The van der Waals surface area contributed by atoms with Gasteiger partial charge in [0.2, 0.25) is 0 Å². The third-order valence-electron chi connectivity index (χ3n) is 1.97. The zero-order valence-electron chi connectivity index (χ0n) is 9.16. The van der Waals surface area contributed by atoms with E-state index in [1.54, 1.807) is 13.3 Å². The molecule has 3 nitrogen and oxygen atoms in total. The van der Waals surface area contributed by atoms with Gasteiger partial charge in [-0.3, -0.25) is 4.99 Å². The van der Waals surface area contributed by atoms with Crippen LogP contribution in [0.25, 0.3) is 0 Å². The number of hydrogen-bond acceptors (Lipinski definition) is 3. The van der Waals surface area contributed by atoms with Crippen molar-refractivity contribution in [3.8, 4) is 0 Å². The van der Waals surface area contributed by atoms with E-state index in [1.165, 1.54) is 12.1 Å². The first-order valence-corrected chi connectivity index (χ1v) is 4.70. The average Bonchev–Trinajstić information content (AvgIpc) is 2.15. The Labute approximate surface area is 88.8 Å². The predicted molar refractivity (Wildman–Crippen MR) is 59.7 cm³/mol. The van der Waals surface area contributed by atoms with E-state index in [1.807, 2.05) is 13.8 Å². The summed E-state index contributed by atoms with van der Waals surface area (Å²) in [6.07, 6.45) is 1.66. The van der Waals surface area contributed by atoms with E-state index in [2.05, 4.69) is 15.2 Å². The fourth-order valence-corrected chi connectivity index (χ4v) is 1.29. The SMILES string of the molecule is CN=CCN=Nc1c(C)cc(F)cc1C. The van der Waals surface area contributed by atoms with Crippen LogP contribution in [0.5, 0.6) is 0 Å². The highest BCUT2D eigenvalue weighted by Crippen LogP contribution is 2.24. The molecule has 0 heterocycles. The second-order valence-electron chi connectivity index (χ2n) is 3.25. The van der Waals surface area contributed by atoms with Crippen molar-refractivity contribution in [1.82, 2.24) is 0 Å². The highest BCUT2D eigenvalue weighted by Gasteiger charge is 2.03. The molecule has 0 atom stereocenters. The summed E-state index contributed by atoms with van der Waals surface area (Å²) >= 11 is 0. The Balaban J connectivity index is 2.90. The van der Waals surface area contributed by atoms with Gasteiger partial charge in [0.05, 0.1) is 12.2 Å². The van der Waals surface area contributed by atoms with Crippen LogP contribution in [0.15, 0.2) is 27.4 Å². The maximum atomic E-state index is 13.0. The van der Waals surface area contributed by atoms with E-state index >= 15 is 0 Å². The Morgan fingerprint density at radius 1 is 1.27 bits per heavy atom. The van der Waals surface area contributed by atoms with Crippen molar-refractivity contribution in [2.45, 2.75) is 13.8 Å². The molecule has 0 fully saturated rings. The number of hydrogen-bond donors (Lipinski definition) is 0. The van der Waals surface area contributed by atoms with Gasteiger partial charge in [0, 0.05) is 13.3 Å². The Morgan fingerprint density at radius 2 is 1.87 bits per heavy atom. The van der Waals surface area contributed by atoms with Gasteiger partial charge in [-0.05, 0) is 37.1 Å². The van der Waals surface area contributed by atoms with Crippen molar-refractivity contribution in [2.75, 3.05) is 13.6 Å². The van der Waals surface area contributed by atoms with E-state index in [-0.39, 0.29) is 5.82 Å².